The average Bonchev–Trinajstić information content (AvgIpc) is 2.98. The number of H-pyrrole nitrogens is 1. The van der Waals surface area contributed by atoms with Gasteiger partial charge >= 0.3 is 0 Å². The summed E-state index contributed by atoms with van der Waals surface area (Å²) in [4.78, 5) is 4.14. The van der Waals surface area contributed by atoms with Crippen molar-refractivity contribution in [2.24, 2.45) is 7.05 Å². The van der Waals surface area contributed by atoms with Gasteiger partial charge in [-0.15, -0.1) is 0 Å². The molecule has 0 radical (unpaired) electrons. The summed E-state index contributed by atoms with van der Waals surface area (Å²) in [7, 11) is 1.45. The van der Waals surface area contributed by atoms with E-state index in [0.717, 1.165) is 5.69 Å². The first-order valence-corrected chi connectivity index (χ1v) is 7.93. The number of hydrogen-bond donors (Lipinski definition) is 2. The highest BCUT2D eigenvalue weighted by atomic mass is 32.2. The maximum atomic E-state index is 12.7. The van der Waals surface area contributed by atoms with E-state index < -0.39 is 10.0 Å². The topological polar surface area (TPSA) is 95.9 Å². The van der Waals surface area contributed by atoms with Crippen molar-refractivity contribution in [1.29, 1.82) is 0 Å². The number of sulfonamides is 1. The highest BCUT2D eigenvalue weighted by Crippen LogP contribution is 2.20. The Morgan fingerprint density at radius 1 is 1.48 bits per heavy atom. The first kappa shape index (κ1) is 15.7. The molecule has 0 saturated carbocycles. The van der Waals surface area contributed by atoms with E-state index >= 15 is 0 Å². The van der Waals surface area contributed by atoms with E-state index in [2.05, 4.69) is 20.5 Å². The maximum absolute atomic E-state index is 12.7. The second-order valence-corrected chi connectivity index (χ2v) is 6.84. The van der Waals surface area contributed by atoms with Gasteiger partial charge in [-0.05, 0) is 14.0 Å². The third-order valence-electron chi connectivity index (χ3n) is 3.33. The second-order valence-electron chi connectivity index (χ2n) is 4.88. The molecule has 0 aromatic carbocycles. The Labute approximate surface area is 124 Å². The molecule has 0 unspecified atom stereocenters. The molecule has 8 nitrogen and oxygen atoms in total. The van der Waals surface area contributed by atoms with E-state index in [1.165, 1.54) is 11.4 Å². The molecule has 0 aliphatic heterocycles. The quantitative estimate of drug-likeness (QED) is 0.782. The van der Waals surface area contributed by atoms with Crippen molar-refractivity contribution < 1.29 is 8.42 Å². The molecular weight excluding hydrogens is 292 g/mol. The number of rotatable bonds is 6. The molecule has 2 N–H and O–H groups in total. The summed E-state index contributed by atoms with van der Waals surface area (Å²) in [6, 6.07) is 0. The van der Waals surface area contributed by atoms with Gasteiger partial charge in [-0.3, -0.25) is 5.10 Å². The largest absolute Gasteiger partial charge is 0.337 e. The zero-order chi connectivity index (χ0) is 15.6. The maximum Gasteiger partial charge on any atom is 0.262 e. The minimum Gasteiger partial charge on any atom is -0.337 e. The fourth-order valence-electron chi connectivity index (χ4n) is 2.01. The van der Waals surface area contributed by atoms with Crippen molar-refractivity contribution >= 4 is 10.0 Å². The number of aromatic amines is 1. The van der Waals surface area contributed by atoms with Crippen molar-refractivity contribution in [3.8, 4) is 0 Å². The Bertz CT molecular complexity index is 718. The van der Waals surface area contributed by atoms with Crippen LogP contribution in [0.25, 0.3) is 0 Å². The molecule has 21 heavy (non-hydrogen) atoms. The van der Waals surface area contributed by atoms with Gasteiger partial charge in [0.15, 0.2) is 5.03 Å². The van der Waals surface area contributed by atoms with Crippen LogP contribution in [0.2, 0.25) is 0 Å². The van der Waals surface area contributed by atoms with Gasteiger partial charge < -0.3 is 9.88 Å². The Balaban J connectivity index is 2.31. The molecule has 2 aromatic heterocycles. The Kier molecular flexibility index (Phi) is 4.45. The lowest BCUT2D eigenvalue weighted by atomic mass is 10.3. The fourth-order valence-corrected chi connectivity index (χ4v) is 3.29. The van der Waals surface area contributed by atoms with Crippen LogP contribution in [0.15, 0.2) is 17.4 Å². The van der Waals surface area contributed by atoms with Crippen molar-refractivity contribution in [3.05, 3.63) is 29.5 Å². The molecule has 9 heteroatoms. The van der Waals surface area contributed by atoms with Crippen LogP contribution in [0, 0.1) is 6.92 Å². The lowest BCUT2D eigenvalue weighted by Gasteiger charge is -2.16. The molecule has 2 rings (SSSR count). The molecule has 0 aliphatic carbocycles. The minimum absolute atomic E-state index is 0.0612. The third kappa shape index (κ3) is 2.99. The first-order chi connectivity index (χ1) is 9.87. The van der Waals surface area contributed by atoms with Gasteiger partial charge in [0.25, 0.3) is 10.0 Å². The highest BCUT2D eigenvalue weighted by Gasteiger charge is 2.28. The lowest BCUT2D eigenvalue weighted by molar-refractivity contribution is 0.447. The van der Waals surface area contributed by atoms with Crippen LogP contribution in [0.3, 0.4) is 0 Å². The van der Waals surface area contributed by atoms with E-state index in [1.807, 2.05) is 7.05 Å². The average molecular weight is 312 g/mol. The molecule has 0 spiro atoms. The monoisotopic (exact) mass is 312 g/mol. The Morgan fingerprint density at radius 3 is 2.76 bits per heavy atom. The lowest BCUT2D eigenvalue weighted by Crippen LogP contribution is -2.29. The van der Waals surface area contributed by atoms with Crippen LogP contribution in [-0.4, -0.2) is 46.6 Å². The van der Waals surface area contributed by atoms with Gasteiger partial charge in [0.2, 0.25) is 0 Å². The first-order valence-electron chi connectivity index (χ1n) is 6.49. The van der Waals surface area contributed by atoms with E-state index in [-0.39, 0.29) is 11.6 Å². The normalized spacial score (nSPS) is 12.2. The van der Waals surface area contributed by atoms with Gasteiger partial charge in [-0.25, -0.2) is 13.4 Å². The molecule has 0 fully saturated rings. The Hall–Kier alpha value is -1.71. The molecular formula is C12H20N6O2S. The molecule has 2 heterocycles. The number of imidazole rings is 1. The molecule has 0 amide bonds. The standard InChI is InChI=1S/C12H20N6O2S/c1-9-10(7-13-2)12(16-15-9)21(19,20)18(4)8-11-14-5-6-17(11)3/h5-6,13H,7-8H2,1-4H3,(H,15,16). The summed E-state index contributed by atoms with van der Waals surface area (Å²) in [5.41, 5.74) is 1.40. The van der Waals surface area contributed by atoms with Crippen molar-refractivity contribution in [2.45, 2.75) is 25.0 Å². The number of nitrogens with one attached hydrogen (secondary N) is 2. The van der Waals surface area contributed by atoms with Crippen molar-refractivity contribution in [3.63, 3.8) is 0 Å². The molecule has 116 valence electrons. The van der Waals surface area contributed by atoms with Crippen molar-refractivity contribution in [1.82, 2.24) is 29.4 Å². The van der Waals surface area contributed by atoms with Gasteiger partial charge in [0.1, 0.15) is 5.82 Å². The minimum atomic E-state index is -3.67. The van der Waals surface area contributed by atoms with Crippen LogP contribution in [0.4, 0.5) is 0 Å². The number of hydrogen-bond acceptors (Lipinski definition) is 5. The predicted octanol–water partition coefficient (Wildman–Crippen LogP) is -0.00828. The summed E-state index contributed by atoms with van der Waals surface area (Å²) in [5.74, 6) is 0.670. The zero-order valence-corrected chi connectivity index (χ0v) is 13.4. The summed E-state index contributed by atoms with van der Waals surface area (Å²) < 4.78 is 28.4. The zero-order valence-electron chi connectivity index (χ0n) is 12.6. The summed E-state index contributed by atoms with van der Waals surface area (Å²) >= 11 is 0. The van der Waals surface area contributed by atoms with E-state index in [9.17, 15) is 8.42 Å². The van der Waals surface area contributed by atoms with E-state index in [0.29, 0.717) is 17.9 Å². The van der Waals surface area contributed by atoms with Gasteiger partial charge in [0.05, 0.1) is 6.54 Å². The van der Waals surface area contributed by atoms with Crippen LogP contribution in [0.1, 0.15) is 17.1 Å². The third-order valence-corrected chi connectivity index (χ3v) is 5.11. The summed E-state index contributed by atoms with van der Waals surface area (Å²) in [5, 5.41) is 9.71. The predicted molar refractivity (Wildman–Crippen MR) is 77.9 cm³/mol. The van der Waals surface area contributed by atoms with Crippen LogP contribution in [0.5, 0.6) is 0 Å². The van der Waals surface area contributed by atoms with E-state index in [1.54, 1.807) is 30.9 Å². The van der Waals surface area contributed by atoms with E-state index in [4.69, 9.17) is 0 Å². The van der Waals surface area contributed by atoms with Crippen LogP contribution >= 0.6 is 0 Å². The smallest absolute Gasteiger partial charge is 0.262 e. The van der Waals surface area contributed by atoms with Crippen LogP contribution in [-0.2, 0) is 30.2 Å². The van der Waals surface area contributed by atoms with Gasteiger partial charge in [-0.2, -0.15) is 9.40 Å². The van der Waals surface area contributed by atoms with Gasteiger partial charge in [0, 0.05) is 44.3 Å². The highest BCUT2D eigenvalue weighted by molar-refractivity contribution is 7.89. The molecule has 0 bridgehead atoms. The molecule has 0 saturated heterocycles. The summed E-state index contributed by atoms with van der Waals surface area (Å²) in [6.07, 6.45) is 3.42. The number of nitrogens with zero attached hydrogens (tertiary/aromatic N) is 4. The molecule has 2 aromatic rings. The van der Waals surface area contributed by atoms with Gasteiger partial charge in [-0.1, -0.05) is 0 Å². The molecule has 0 atom stereocenters. The van der Waals surface area contributed by atoms with Crippen molar-refractivity contribution in [2.75, 3.05) is 14.1 Å². The Morgan fingerprint density at radius 2 is 2.19 bits per heavy atom. The van der Waals surface area contributed by atoms with Crippen LogP contribution < -0.4 is 5.32 Å². The SMILES string of the molecule is CNCc1c(S(=O)(=O)N(C)Cc2nccn2C)n[nH]c1C. The number of aryl methyl sites for hydroxylation is 2. The molecule has 0 aliphatic rings. The number of aromatic nitrogens is 4. The second kappa shape index (κ2) is 5.96. The fraction of sp³-hybridized carbons (Fsp3) is 0.500. The summed E-state index contributed by atoms with van der Waals surface area (Å²) in [6.45, 7) is 2.43.